The number of alkyl halides is 3. The van der Waals surface area contributed by atoms with E-state index in [-0.39, 0.29) is 10.8 Å². The molecule has 0 saturated carbocycles. The maximum atomic E-state index is 13.0. The number of hydrogen-bond donors (Lipinski definition) is 1. The fourth-order valence-corrected chi connectivity index (χ4v) is 3.53. The van der Waals surface area contributed by atoms with Crippen LogP contribution in [0.1, 0.15) is 5.56 Å². The van der Waals surface area contributed by atoms with E-state index in [0.29, 0.717) is 14.9 Å². The van der Waals surface area contributed by atoms with Gasteiger partial charge in [0.05, 0.1) is 32.1 Å². The molecule has 0 unspecified atom stereocenters. The zero-order chi connectivity index (χ0) is 17.9. The van der Waals surface area contributed by atoms with E-state index < -0.39 is 23.3 Å². The largest absolute Gasteiger partial charge is 0.418 e. The summed E-state index contributed by atoms with van der Waals surface area (Å²) in [5.74, 6) is -0.832. The van der Waals surface area contributed by atoms with Gasteiger partial charge in [0.15, 0.2) is 0 Å². The fraction of sp³-hybridized carbons (Fsp3) is 0.133. The topological polar surface area (TPSA) is 29.1 Å². The van der Waals surface area contributed by atoms with Crippen molar-refractivity contribution >= 4 is 58.2 Å². The molecule has 2 rings (SSSR count). The molecule has 2 aromatic rings. The van der Waals surface area contributed by atoms with Crippen molar-refractivity contribution in [1.82, 2.24) is 0 Å². The first kappa shape index (κ1) is 19.2. The first-order valence-electron chi connectivity index (χ1n) is 6.42. The van der Waals surface area contributed by atoms with Crippen LogP contribution in [0.3, 0.4) is 0 Å². The second-order valence-electron chi connectivity index (χ2n) is 4.55. The molecule has 0 atom stereocenters. The number of halogens is 6. The quantitative estimate of drug-likeness (QED) is 0.587. The van der Waals surface area contributed by atoms with Gasteiger partial charge in [-0.25, -0.2) is 0 Å². The van der Waals surface area contributed by atoms with Crippen molar-refractivity contribution in [3.8, 4) is 0 Å². The molecule has 0 spiro atoms. The Morgan fingerprint density at radius 3 is 2.12 bits per heavy atom. The van der Waals surface area contributed by atoms with E-state index in [1.807, 2.05) is 0 Å². The predicted octanol–water partition coefficient (Wildman–Crippen LogP) is 6.40. The highest BCUT2D eigenvalue weighted by Crippen LogP contribution is 2.39. The Labute approximate surface area is 155 Å². The minimum absolute atomic E-state index is 0.175. The Morgan fingerprint density at radius 1 is 1.00 bits per heavy atom. The molecule has 0 aliphatic rings. The molecule has 0 bridgehead atoms. The van der Waals surface area contributed by atoms with E-state index in [1.54, 1.807) is 18.2 Å². The molecular formula is C15H9Cl3F3NOS. The summed E-state index contributed by atoms with van der Waals surface area (Å²) in [7, 11) is 0. The van der Waals surface area contributed by atoms with E-state index >= 15 is 0 Å². The molecule has 128 valence electrons. The molecule has 24 heavy (non-hydrogen) atoms. The normalized spacial score (nSPS) is 11.4. The third-order valence-electron chi connectivity index (χ3n) is 2.85. The molecule has 2 nitrogen and oxygen atoms in total. The van der Waals surface area contributed by atoms with Crippen molar-refractivity contribution in [1.29, 1.82) is 0 Å². The average molecular weight is 415 g/mol. The summed E-state index contributed by atoms with van der Waals surface area (Å²) in [6, 6.07) is 8.13. The van der Waals surface area contributed by atoms with Gasteiger partial charge in [0, 0.05) is 4.90 Å². The van der Waals surface area contributed by atoms with Crippen LogP contribution in [-0.4, -0.2) is 11.7 Å². The monoisotopic (exact) mass is 413 g/mol. The smallest absolute Gasteiger partial charge is 0.324 e. The van der Waals surface area contributed by atoms with Gasteiger partial charge in [-0.2, -0.15) is 13.2 Å². The van der Waals surface area contributed by atoms with Crippen molar-refractivity contribution in [2.45, 2.75) is 11.1 Å². The number of anilines is 1. The SMILES string of the molecule is O=C(CSc1c(Cl)cccc1Cl)Nc1c(Cl)cccc1C(F)(F)F. The van der Waals surface area contributed by atoms with E-state index in [9.17, 15) is 18.0 Å². The van der Waals surface area contributed by atoms with Crippen molar-refractivity contribution in [2.24, 2.45) is 0 Å². The van der Waals surface area contributed by atoms with Crippen LogP contribution in [0, 0.1) is 0 Å². The minimum atomic E-state index is -4.63. The van der Waals surface area contributed by atoms with Gasteiger partial charge >= 0.3 is 6.18 Å². The molecular weight excluding hydrogens is 406 g/mol. The van der Waals surface area contributed by atoms with Crippen LogP contribution >= 0.6 is 46.6 Å². The summed E-state index contributed by atoms with van der Waals surface area (Å²) in [6.45, 7) is 0. The molecule has 0 aliphatic carbocycles. The van der Waals surface area contributed by atoms with Crippen LogP contribution in [0.2, 0.25) is 15.1 Å². The first-order valence-corrected chi connectivity index (χ1v) is 8.54. The summed E-state index contributed by atoms with van der Waals surface area (Å²) >= 11 is 18.8. The molecule has 0 saturated heterocycles. The van der Waals surface area contributed by atoms with Gasteiger partial charge in [0.1, 0.15) is 0 Å². The molecule has 0 fully saturated rings. The van der Waals surface area contributed by atoms with Gasteiger partial charge in [-0.15, -0.1) is 11.8 Å². The Balaban J connectivity index is 2.14. The molecule has 2 aromatic carbocycles. The summed E-state index contributed by atoms with van der Waals surface area (Å²) < 4.78 is 39.0. The van der Waals surface area contributed by atoms with Crippen LogP contribution in [0.25, 0.3) is 0 Å². The number of nitrogens with one attached hydrogen (secondary N) is 1. The molecule has 1 amide bonds. The maximum absolute atomic E-state index is 13.0. The van der Waals surface area contributed by atoms with Crippen LogP contribution in [-0.2, 0) is 11.0 Å². The van der Waals surface area contributed by atoms with Gasteiger partial charge in [-0.05, 0) is 24.3 Å². The Hall–Kier alpha value is -1.08. The summed E-state index contributed by atoms with van der Waals surface area (Å²) in [4.78, 5) is 12.5. The Bertz CT molecular complexity index is 748. The van der Waals surface area contributed by atoms with Crippen LogP contribution in [0.5, 0.6) is 0 Å². The number of thioether (sulfide) groups is 1. The minimum Gasteiger partial charge on any atom is -0.324 e. The number of carbonyl (C=O) groups excluding carboxylic acids is 1. The van der Waals surface area contributed by atoms with E-state index in [0.717, 1.165) is 17.8 Å². The van der Waals surface area contributed by atoms with Gasteiger partial charge < -0.3 is 5.32 Å². The molecule has 0 aliphatic heterocycles. The number of rotatable bonds is 4. The fourth-order valence-electron chi connectivity index (χ4n) is 1.82. The lowest BCUT2D eigenvalue weighted by molar-refractivity contribution is -0.137. The van der Waals surface area contributed by atoms with E-state index in [4.69, 9.17) is 34.8 Å². The van der Waals surface area contributed by atoms with Gasteiger partial charge in [-0.3, -0.25) is 4.79 Å². The molecule has 9 heteroatoms. The summed E-state index contributed by atoms with van der Waals surface area (Å²) in [5, 5.41) is 2.71. The number of para-hydroxylation sites is 1. The second-order valence-corrected chi connectivity index (χ2v) is 6.75. The van der Waals surface area contributed by atoms with E-state index in [2.05, 4.69) is 5.32 Å². The predicted molar refractivity (Wildman–Crippen MR) is 92.3 cm³/mol. The Kier molecular flexibility index (Phi) is 6.31. The lowest BCUT2D eigenvalue weighted by atomic mass is 10.1. The highest BCUT2D eigenvalue weighted by molar-refractivity contribution is 8.00. The van der Waals surface area contributed by atoms with Crippen molar-refractivity contribution in [2.75, 3.05) is 11.1 Å². The summed E-state index contributed by atoms with van der Waals surface area (Å²) in [5.41, 5.74) is -1.48. The highest BCUT2D eigenvalue weighted by atomic mass is 35.5. The first-order chi connectivity index (χ1) is 11.2. The number of carbonyl (C=O) groups is 1. The van der Waals surface area contributed by atoms with Crippen molar-refractivity contribution in [3.05, 3.63) is 57.0 Å². The number of benzene rings is 2. The highest BCUT2D eigenvalue weighted by Gasteiger charge is 2.34. The maximum Gasteiger partial charge on any atom is 0.418 e. The van der Waals surface area contributed by atoms with Gasteiger partial charge in [0.25, 0.3) is 0 Å². The van der Waals surface area contributed by atoms with Crippen molar-refractivity contribution in [3.63, 3.8) is 0 Å². The number of hydrogen-bond acceptors (Lipinski definition) is 2. The molecule has 0 heterocycles. The summed E-state index contributed by atoms with van der Waals surface area (Å²) in [6.07, 6.45) is -4.63. The zero-order valence-corrected chi connectivity index (χ0v) is 14.8. The zero-order valence-electron chi connectivity index (χ0n) is 11.8. The molecule has 1 N–H and O–H groups in total. The lowest BCUT2D eigenvalue weighted by Crippen LogP contribution is -2.18. The van der Waals surface area contributed by atoms with Crippen LogP contribution in [0.15, 0.2) is 41.3 Å². The Morgan fingerprint density at radius 2 is 1.54 bits per heavy atom. The average Bonchev–Trinajstić information content (AvgIpc) is 2.47. The van der Waals surface area contributed by atoms with Gasteiger partial charge in [0.2, 0.25) is 5.91 Å². The standard InChI is InChI=1S/C15H9Cl3F3NOS/c16-9-4-1-3-8(15(19,20)21)13(9)22-12(23)7-24-14-10(17)5-2-6-11(14)18/h1-6H,7H2,(H,22,23). The lowest BCUT2D eigenvalue weighted by Gasteiger charge is -2.15. The third-order valence-corrected chi connectivity index (χ3v) is 5.15. The van der Waals surface area contributed by atoms with E-state index in [1.165, 1.54) is 12.1 Å². The van der Waals surface area contributed by atoms with Crippen LogP contribution < -0.4 is 5.32 Å². The molecule has 0 aromatic heterocycles. The third kappa shape index (κ3) is 4.72. The molecule has 0 radical (unpaired) electrons. The van der Waals surface area contributed by atoms with Gasteiger partial charge in [-0.1, -0.05) is 46.9 Å². The van der Waals surface area contributed by atoms with Crippen LogP contribution in [0.4, 0.5) is 18.9 Å². The second kappa shape index (κ2) is 7.87. The van der Waals surface area contributed by atoms with Crippen molar-refractivity contribution < 1.29 is 18.0 Å². The number of amides is 1.